The zero-order valence-electron chi connectivity index (χ0n) is 12.7. The summed E-state index contributed by atoms with van der Waals surface area (Å²) >= 11 is 0. The molecule has 0 bridgehead atoms. The van der Waals surface area contributed by atoms with Crippen LogP contribution in [0.2, 0.25) is 0 Å². The summed E-state index contributed by atoms with van der Waals surface area (Å²) in [6.07, 6.45) is -0.501. The monoisotopic (exact) mass is 265 g/mol. The third kappa shape index (κ3) is 6.08. The fourth-order valence-corrected chi connectivity index (χ4v) is 1.76. The molecule has 19 heavy (non-hydrogen) atoms. The van der Waals surface area contributed by atoms with Crippen molar-refractivity contribution in [1.82, 2.24) is 5.32 Å². The first-order valence-electron chi connectivity index (χ1n) is 6.94. The van der Waals surface area contributed by atoms with E-state index in [0.717, 1.165) is 5.75 Å². The molecule has 0 heterocycles. The Bertz CT molecular complexity index is 383. The lowest BCUT2D eigenvalue weighted by molar-refractivity contribution is 0.0994. The molecule has 0 fully saturated rings. The maximum atomic E-state index is 9.92. The Hall–Kier alpha value is -1.06. The van der Waals surface area contributed by atoms with Crippen molar-refractivity contribution in [3.8, 4) is 5.75 Å². The molecule has 0 spiro atoms. The average molecular weight is 265 g/mol. The molecule has 1 rings (SSSR count). The third-order valence-corrected chi connectivity index (χ3v) is 2.84. The van der Waals surface area contributed by atoms with Gasteiger partial charge in [0, 0.05) is 12.1 Å². The van der Waals surface area contributed by atoms with E-state index in [2.05, 4.69) is 46.0 Å². The number of ether oxygens (including phenoxy) is 1. The Morgan fingerprint density at radius 2 is 1.84 bits per heavy atom. The average Bonchev–Trinajstić information content (AvgIpc) is 2.33. The van der Waals surface area contributed by atoms with Crippen molar-refractivity contribution in [3.05, 3.63) is 29.8 Å². The molecule has 0 radical (unpaired) electrons. The highest BCUT2D eigenvalue weighted by Gasteiger charge is 2.13. The Morgan fingerprint density at radius 3 is 2.42 bits per heavy atom. The van der Waals surface area contributed by atoms with Crippen molar-refractivity contribution in [3.63, 3.8) is 0 Å². The van der Waals surface area contributed by atoms with Crippen LogP contribution >= 0.6 is 0 Å². The van der Waals surface area contributed by atoms with E-state index in [1.165, 1.54) is 5.56 Å². The second-order valence-corrected chi connectivity index (χ2v) is 6.29. The first-order valence-corrected chi connectivity index (χ1v) is 6.94. The topological polar surface area (TPSA) is 41.5 Å². The fraction of sp³-hybridized carbons (Fsp3) is 0.625. The number of nitrogens with one attached hydrogen (secondary N) is 1. The highest BCUT2D eigenvalue weighted by atomic mass is 16.5. The van der Waals surface area contributed by atoms with E-state index in [-0.39, 0.29) is 5.54 Å². The summed E-state index contributed by atoms with van der Waals surface area (Å²) in [5.74, 6) is 1.29. The van der Waals surface area contributed by atoms with Gasteiger partial charge >= 0.3 is 0 Å². The van der Waals surface area contributed by atoms with Crippen molar-refractivity contribution in [2.45, 2.75) is 52.2 Å². The number of benzene rings is 1. The summed E-state index contributed by atoms with van der Waals surface area (Å²) < 4.78 is 5.74. The minimum absolute atomic E-state index is 0.0107. The van der Waals surface area contributed by atoms with Crippen molar-refractivity contribution in [2.75, 3.05) is 13.2 Å². The minimum Gasteiger partial charge on any atom is -0.491 e. The zero-order chi connectivity index (χ0) is 14.5. The van der Waals surface area contributed by atoms with E-state index < -0.39 is 6.10 Å². The number of para-hydroxylation sites is 1. The summed E-state index contributed by atoms with van der Waals surface area (Å²) in [7, 11) is 0. The third-order valence-electron chi connectivity index (χ3n) is 2.84. The Balaban J connectivity index is 2.48. The number of hydrogen-bond donors (Lipinski definition) is 2. The molecule has 0 aromatic heterocycles. The van der Waals surface area contributed by atoms with E-state index in [1.807, 2.05) is 18.2 Å². The number of aliphatic hydroxyl groups is 1. The van der Waals surface area contributed by atoms with E-state index in [9.17, 15) is 5.11 Å². The number of hydrogen-bond acceptors (Lipinski definition) is 3. The summed E-state index contributed by atoms with van der Waals surface area (Å²) in [6, 6.07) is 8.00. The summed E-state index contributed by atoms with van der Waals surface area (Å²) in [5.41, 5.74) is 1.19. The molecule has 0 saturated heterocycles. The predicted molar refractivity (Wildman–Crippen MR) is 79.8 cm³/mol. The summed E-state index contributed by atoms with van der Waals surface area (Å²) in [5, 5.41) is 13.2. The lowest BCUT2D eigenvalue weighted by atomic mass is 10.0. The molecular weight excluding hydrogens is 238 g/mol. The first kappa shape index (κ1) is 16.0. The molecule has 3 heteroatoms. The molecule has 0 aliphatic rings. The quantitative estimate of drug-likeness (QED) is 0.831. The lowest BCUT2D eigenvalue weighted by Crippen LogP contribution is -2.42. The molecule has 1 aromatic carbocycles. The van der Waals surface area contributed by atoms with Gasteiger partial charge in [-0.05, 0) is 38.3 Å². The summed E-state index contributed by atoms with van der Waals surface area (Å²) in [6.45, 7) is 11.4. The van der Waals surface area contributed by atoms with Gasteiger partial charge in [0.25, 0.3) is 0 Å². The molecule has 2 N–H and O–H groups in total. The second-order valence-electron chi connectivity index (χ2n) is 6.29. The van der Waals surface area contributed by atoms with Crippen molar-refractivity contribution >= 4 is 0 Å². The van der Waals surface area contributed by atoms with E-state index in [0.29, 0.717) is 19.1 Å². The number of rotatable bonds is 6. The second kappa shape index (κ2) is 6.92. The highest BCUT2D eigenvalue weighted by Crippen LogP contribution is 2.25. The maximum absolute atomic E-state index is 9.92. The standard InChI is InChI=1S/C16H27NO2/c1-12(2)14-8-6-7-9-15(14)19-11-13(18)10-17-16(3,4)5/h6-9,12-13,17-18H,10-11H2,1-5H3/t13-/m1/s1. The first-order chi connectivity index (χ1) is 8.79. The van der Waals surface area contributed by atoms with Gasteiger partial charge in [0.05, 0.1) is 0 Å². The molecule has 0 aliphatic heterocycles. The van der Waals surface area contributed by atoms with Crippen LogP contribution in [0.25, 0.3) is 0 Å². The zero-order valence-corrected chi connectivity index (χ0v) is 12.7. The lowest BCUT2D eigenvalue weighted by Gasteiger charge is -2.23. The highest BCUT2D eigenvalue weighted by molar-refractivity contribution is 5.35. The van der Waals surface area contributed by atoms with Crippen LogP contribution in [0.4, 0.5) is 0 Å². The van der Waals surface area contributed by atoms with Gasteiger partial charge in [-0.3, -0.25) is 0 Å². The molecule has 0 unspecified atom stereocenters. The Morgan fingerprint density at radius 1 is 1.21 bits per heavy atom. The van der Waals surface area contributed by atoms with Crippen LogP contribution in [0, 0.1) is 0 Å². The van der Waals surface area contributed by atoms with Gasteiger partial charge in [0.1, 0.15) is 18.5 Å². The van der Waals surface area contributed by atoms with Crippen LogP contribution in [0.3, 0.4) is 0 Å². The SMILES string of the molecule is CC(C)c1ccccc1OC[C@H](O)CNC(C)(C)C. The predicted octanol–water partition coefficient (Wildman–Crippen LogP) is 2.94. The van der Waals surface area contributed by atoms with Gasteiger partial charge < -0.3 is 15.2 Å². The van der Waals surface area contributed by atoms with Gasteiger partial charge in [0.2, 0.25) is 0 Å². The van der Waals surface area contributed by atoms with Crippen LogP contribution in [-0.2, 0) is 0 Å². The van der Waals surface area contributed by atoms with Gasteiger partial charge in [-0.15, -0.1) is 0 Å². The van der Waals surface area contributed by atoms with Crippen molar-refractivity contribution in [1.29, 1.82) is 0 Å². The van der Waals surface area contributed by atoms with Crippen LogP contribution in [0.5, 0.6) is 5.75 Å². The van der Waals surface area contributed by atoms with Crippen LogP contribution in [0.1, 0.15) is 46.1 Å². The van der Waals surface area contributed by atoms with Gasteiger partial charge in [-0.2, -0.15) is 0 Å². The smallest absolute Gasteiger partial charge is 0.122 e. The van der Waals surface area contributed by atoms with E-state index in [1.54, 1.807) is 0 Å². The van der Waals surface area contributed by atoms with Gasteiger partial charge in [0.15, 0.2) is 0 Å². The van der Waals surface area contributed by atoms with Crippen molar-refractivity contribution in [2.24, 2.45) is 0 Å². The van der Waals surface area contributed by atoms with Crippen LogP contribution in [-0.4, -0.2) is 29.9 Å². The molecule has 0 saturated carbocycles. The minimum atomic E-state index is -0.501. The maximum Gasteiger partial charge on any atom is 0.122 e. The molecule has 108 valence electrons. The molecule has 0 amide bonds. The normalized spacial score (nSPS) is 13.6. The van der Waals surface area contributed by atoms with Crippen LogP contribution in [0.15, 0.2) is 24.3 Å². The van der Waals surface area contributed by atoms with E-state index in [4.69, 9.17) is 4.74 Å². The van der Waals surface area contributed by atoms with Gasteiger partial charge in [-0.1, -0.05) is 32.0 Å². The van der Waals surface area contributed by atoms with Crippen LogP contribution < -0.4 is 10.1 Å². The molecular formula is C16H27NO2. The largest absolute Gasteiger partial charge is 0.491 e. The number of β-amino-alcohol motifs (C(OH)–C–C–N with tert-alkyl or cyclic N) is 1. The number of aliphatic hydroxyl groups excluding tert-OH is 1. The molecule has 0 aliphatic carbocycles. The fourth-order valence-electron chi connectivity index (χ4n) is 1.76. The van der Waals surface area contributed by atoms with E-state index >= 15 is 0 Å². The molecule has 3 nitrogen and oxygen atoms in total. The molecule has 1 atom stereocenters. The summed E-state index contributed by atoms with van der Waals surface area (Å²) in [4.78, 5) is 0. The molecule has 1 aromatic rings. The Labute approximate surface area is 117 Å². The van der Waals surface area contributed by atoms with Gasteiger partial charge in [-0.25, -0.2) is 0 Å². The van der Waals surface area contributed by atoms with Crippen molar-refractivity contribution < 1.29 is 9.84 Å². The Kier molecular flexibility index (Phi) is 5.83.